The van der Waals surface area contributed by atoms with Gasteiger partial charge < -0.3 is 20.3 Å². The van der Waals surface area contributed by atoms with Crippen LogP contribution in [0.25, 0.3) is 0 Å². The number of piperidine rings is 1. The molecule has 7 nitrogen and oxygen atoms in total. The summed E-state index contributed by atoms with van der Waals surface area (Å²) in [5.41, 5.74) is 2.16. The van der Waals surface area contributed by atoms with Crippen LogP contribution >= 0.6 is 11.6 Å². The van der Waals surface area contributed by atoms with Crippen molar-refractivity contribution in [3.8, 4) is 11.8 Å². The molecule has 2 amide bonds. The molecule has 0 aromatic heterocycles. The Labute approximate surface area is 209 Å². The summed E-state index contributed by atoms with van der Waals surface area (Å²) in [6.45, 7) is 1.97. The first kappa shape index (κ1) is 24.3. The number of likely N-dealkylation sites (tertiary alicyclic amines) is 1. The van der Waals surface area contributed by atoms with Gasteiger partial charge in [0.2, 0.25) is 0 Å². The number of ether oxygens (including phenoxy) is 1. The number of amides is 2. The maximum absolute atomic E-state index is 12.9. The van der Waals surface area contributed by atoms with Gasteiger partial charge in [0.25, 0.3) is 11.8 Å². The van der Waals surface area contributed by atoms with Crippen molar-refractivity contribution in [1.29, 1.82) is 5.26 Å². The third kappa shape index (κ3) is 6.38. The summed E-state index contributed by atoms with van der Waals surface area (Å²) in [5.74, 6) is -0.0223. The Bertz CT molecular complexity index is 1260. The van der Waals surface area contributed by atoms with Gasteiger partial charge >= 0.3 is 0 Å². The highest BCUT2D eigenvalue weighted by atomic mass is 35.5. The fourth-order valence-corrected chi connectivity index (χ4v) is 3.96. The number of nitrogens with one attached hydrogen (secondary N) is 2. The highest BCUT2D eigenvalue weighted by Gasteiger charge is 2.19. The standard InChI is InChI=1S/C27H25ClN4O3/c1-32-13-11-22(12-14-32)35-23-4-2-3-20(15-23)27(34)31-25-16-21(9-10-24(25)28)30-26(33)19-7-5-18(17-29)6-8-19/h2-10,15-16,22H,11-14H2,1H3,(H,30,33)(H,31,34). The SMILES string of the molecule is CN1CCC(Oc2cccc(C(=O)Nc3cc(NC(=O)c4ccc(C#N)cc4)ccc3Cl)c2)CC1. The van der Waals surface area contributed by atoms with E-state index in [0.29, 0.717) is 38.8 Å². The molecule has 0 aliphatic carbocycles. The van der Waals surface area contributed by atoms with Crippen molar-refractivity contribution >= 4 is 34.8 Å². The predicted molar refractivity (Wildman–Crippen MR) is 136 cm³/mol. The minimum Gasteiger partial charge on any atom is -0.490 e. The summed E-state index contributed by atoms with van der Waals surface area (Å²) in [6, 6.07) is 20.2. The van der Waals surface area contributed by atoms with E-state index in [0.717, 1.165) is 25.9 Å². The number of carbonyl (C=O) groups is 2. The van der Waals surface area contributed by atoms with Gasteiger partial charge in [-0.05, 0) is 80.6 Å². The Kier molecular flexibility index (Phi) is 7.66. The average Bonchev–Trinajstić information content (AvgIpc) is 2.87. The van der Waals surface area contributed by atoms with Crippen LogP contribution < -0.4 is 15.4 Å². The van der Waals surface area contributed by atoms with Crippen LogP contribution in [-0.4, -0.2) is 43.0 Å². The van der Waals surface area contributed by atoms with Gasteiger partial charge in [0.15, 0.2) is 0 Å². The summed E-state index contributed by atoms with van der Waals surface area (Å²) in [5, 5.41) is 14.8. The molecule has 0 spiro atoms. The minimum atomic E-state index is -0.340. The second-order valence-electron chi connectivity index (χ2n) is 8.44. The fourth-order valence-electron chi connectivity index (χ4n) is 3.80. The third-order valence-corrected chi connectivity index (χ3v) is 6.14. The monoisotopic (exact) mass is 488 g/mol. The van der Waals surface area contributed by atoms with E-state index in [-0.39, 0.29) is 17.9 Å². The lowest BCUT2D eigenvalue weighted by molar-refractivity contribution is 0.101. The summed E-state index contributed by atoms with van der Waals surface area (Å²) in [7, 11) is 2.10. The van der Waals surface area contributed by atoms with Gasteiger partial charge in [-0.25, -0.2) is 0 Å². The van der Waals surface area contributed by atoms with Gasteiger partial charge in [-0.15, -0.1) is 0 Å². The lowest BCUT2D eigenvalue weighted by atomic mass is 10.1. The zero-order chi connectivity index (χ0) is 24.8. The Morgan fingerprint density at radius 3 is 2.40 bits per heavy atom. The molecule has 0 radical (unpaired) electrons. The van der Waals surface area contributed by atoms with E-state index in [1.54, 1.807) is 60.7 Å². The largest absolute Gasteiger partial charge is 0.490 e. The molecule has 1 fully saturated rings. The Balaban J connectivity index is 1.42. The van der Waals surface area contributed by atoms with Gasteiger partial charge in [-0.1, -0.05) is 17.7 Å². The predicted octanol–water partition coefficient (Wildman–Crippen LogP) is 5.19. The maximum atomic E-state index is 12.9. The number of halogens is 1. The molecular formula is C27H25ClN4O3. The van der Waals surface area contributed by atoms with Crippen molar-refractivity contribution in [1.82, 2.24) is 4.90 Å². The van der Waals surface area contributed by atoms with Crippen LogP contribution in [-0.2, 0) is 0 Å². The average molecular weight is 489 g/mol. The zero-order valence-electron chi connectivity index (χ0n) is 19.3. The molecule has 1 aliphatic heterocycles. The highest BCUT2D eigenvalue weighted by molar-refractivity contribution is 6.34. The van der Waals surface area contributed by atoms with E-state index in [4.69, 9.17) is 21.6 Å². The van der Waals surface area contributed by atoms with Gasteiger partial charge in [0.05, 0.1) is 22.3 Å². The lowest BCUT2D eigenvalue weighted by Crippen LogP contribution is -2.35. The molecule has 0 bridgehead atoms. The van der Waals surface area contributed by atoms with E-state index in [1.165, 1.54) is 0 Å². The van der Waals surface area contributed by atoms with Crippen LogP contribution in [0.3, 0.4) is 0 Å². The molecular weight excluding hydrogens is 464 g/mol. The van der Waals surface area contributed by atoms with Crippen LogP contribution in [0.5, 0.6) is 5.75 Å². The van der Waals surface area contributed by atoms with Crippen molar-refractivity contribution in [3.63, 3.8) is 0 Å². The van der Waals surface area contributed by atoms with Gasteiger partial charge in [0, 0.05) is 29.9 Å². The molecule has 3 aromatic carbocycles. The molecule has 1 heterocycles. The first-order valence-corrected chi connectivity index (χ1v) is 11.7. The quantitative estimate of drug-likeness (QED) is 0.498. The zero-order valence-corrected chi connectivity index (χ0v) is 20.0. The summed E-state index contributed by atoms with van der Waals surface area (Å²) in [4.78, 5) is 27.7. The molecule has 2 N–H and O–H groups in total. The molecule has 1 aliphatic rings. The van der Waals surface area contributed by atoms with Crippen LogP contribution in [0.2, 0.25) is 5.02 Å². The number of carbonyl (C=O) groups excluding carboxylic acids is 2. The molecule has 0 atom stereocenters. The van der Waals surface area contributed by atoms with E-state index < -0.39 is 0 Å². The van der Waals surface area contributed by atoms with E-state index in [1.807, 2.05) is 12.1 Å². The number of hydrogen-bond donors (Lipinski definition) is 2. The number of nitriles is 1. The molecule has 4 rings (SSSR count). The topological polar surface area (TPSA) is 94.5 Å². The van der Waals surface area contributed by atoms with E-state index in [2.05, 4.69) is 22.6 Å². The Morgan fingerprint density at radius 1 is 0.971 bits per heavy atom. The fraction of sp³-hybridized carbons (Fsp3) is 0.222. The smallest absolute Gasteiger partial charge is 0.255 e. The first-order chi connectivity index (χ1) is 16.9. The summed E-state index contributed by atoms with van der Waals surface area (Å²) < 4.78 is 6.09. The van der Waals surface area contributed by atoms with Crippen molar-refractivity contribution in [3.05, 3.63) is 88.4 Å². The van der Waals surface area contributed by atoms with E-state index >= 15 is 0 Å². The number of nitrogens with zero attached hydrogens (tertiary/aromatic N) is 2. The first-order valence-electron chi connectivity index (χ1n) is 11.3. The van der Waals surface area contributed by atoms with Crippen LogP contribution in [0.15, 0.2) is 66.7 Å². The van der Waals surface area contributed by atoms with Crippen molar-refractivity contribution < 1.29 is 14.3 Å². The van der Waals surface area contributed by atoms with Gasteiger partial charge in [-0.2, -0.15) is 5.26 Å². The maximum Gasteiger partial charge on any atom is 0.255 e. The number of hydrogen-bond acceptors (Lipinski definition) is 5. The Hall–Kier alpha value is -3.86. The van der Waals surface area contributed by atoms with Crippen molar-refractivity contribution in [2.45, 2.75) is 18.9 Å². The normalized spacial score (nSPS) is 14.1. The van der Waals surface area contributed by atoms with Crippen molar-refractivity contribution in [2.75, 3.05) is 30.8 Å². The third-order valence-electron chi connectivity index (χ3n) is 5.81. The summed E-state index contributed by atoms with van der Waals surface area (Å²) >= 11 is 6.30. The second kappa shape index (κ2) is 11.0. The van der Waals surface area contributed by atoms with Crippen molar-refractivity contribution in [2.24, 2.45) is 0 Å². The molecule has 35 heavy (non-hydrogen) atoms. The summed E-state index contributed by atoms with van der Waals surface area (Å²) in [6.07, 6.45) is 2.03. The Morgan fingerprint density at radius 2 is 1.69 bits per heavy atom. The van der Waals surface area contributed by atoms with Crippen LogP contribution in [0, 0.1) is 11.3 Å². The number of anilines is 2. The van der Waals surface area contributed by atoms with E-state index in [9.17, 15) is 9.59 Å². The molecule has 3 aromatic rings. The number of rotatable bonds is 6. The molecule has 178 valence electrons. The second-order valence-corrected chi connectivity index (χ2v) is 8.85. The molecule has 1 saturated heterocycles. The number of benzene rings is 3. The minimum absolute atomic E-state index is 0.135. The van der Waals surface area contributed by atoms with Crippen LogP contribution in [0.4, 0.5) is 11.4 Å². The van der Waals surface area contributed by atoms with Gasteiger partial charge in [0.1, 0.15) is 11.9 Å². The lowest BCUT2D eigenvalue weighted by Gasteiger charge is -2.29. The molecule has 8 heteroatoms. The molecule has 0 unspecified atom stereocenters. The van der Waals surface area contributed by atoms with Gasteiger partial charge in [-0.3, -0.25) is 9.59 Å². The highest BCUT2D eigenvalue weighted by Crippen LogP contribution is 2.27. The van der Waals surface area contributed by atoms with Crippen LogP contribution in [0.1, 0.15) is 39.1 Å². The molecule has 0 saturated carbocycles.